The van der Waals surface area contributed by atoms with Gasteiger partial charge in [-0.3, -0.25) is 0 Å². The fraction of sp³-hybridized carbons (Fsp3) is 0.0769. The molecule has 0 amide bonds. The van der Waals surface area contributed by atoms with Gasteiger partial charge in [0, 0.05) is 16.1 Å². The number of hydrogen-bond donors (Lipinski definition) is 1. The van der Waals surface area contributed by atoms with Crippen LogP contribution in [0.25, 0.3) is 11.1 Å². The van der Waals surface area contributed by atoms with Gasteiger partial charge in [-0.25, -0.2) is 4.39 Å². The van der Waals surface area contributed by atoms with Crippen LogP contribution in [0.2, 0.25) is 5.02 Å². The van der Waals surface area contributed by atoms with Crippen molar-refractivity contribution in [2.24, 2.45) is 0 Å². The Morgan fingerprint density at radius 3 is 2.56 bits per heavy atom. The van der Waals surface area contributed by atoms with E-state index in [1.807, 2.05) is 0 Å². The second-order valence-corrected chi connectivity index (χ2v) is 4.03. The van der Waals surface area contributed by atoms with Gasteiger partial charge in [0.2, 0.25) is 0 Å². The predicted octanol–water partition coefficient (Wildman–Crippen LogP) is 4.16. The van der Waals surface area contributed by atoms with Crippen LogP contribution in [0, 0.1) is 12.7 Å². The van der Waals surface area contributed by atoms with E-state index in [2.05, 4.69) is 0 Å². The van der Waals surface area contributed by atoms with Crippen molar-refractivity contribution in [2.75, 3.05) is 0 Å². The van der Waals surface area contributed by atoms with Crippen molar-refractivity contribution in [3.63, 3.8) is 0 Å². The molecule has 0 saturated carbocycles. The maximum Gasteiger partial charge on any atom is 0.132 e. The van der Waals surface area contributed by atoms with Crippen molar-refractivity contribution >= 4 is 11.6 Å². The van der Waals surface area contributed by atoms with Gasteiger partial charge in [0.25, 0.3) is 0 Å². The molecular weight excluding hydrogens is 227 g/mol. The van der Waals surface area contributed by atoms with E-state index in [-0.39, 0.29) is 5.75 Å². The number of benzene rings is 2. The van der Waals surface area contributed by atoms with E-state index in [4.69, 9.17) is 11.6 Å². The van der Waals surface area contributed by atoms with Crippen LogP contribution >= 0.6 is 11.6 Å². The van der Waals surface area contributed by atoms with Crippen LogP contribution < -0.4 is 0 Å². The number of aryl methyl sites for hydroxylation is 1. The van der Waals surface area contributed by atoms with E-state index in [9.17, 15) is 9.50 Å². The lowest BCUT2D eigenvalue weighted by atomic mass is 10.0. The lowest BCUT2D eigenvalue weighted by Gasteiger charge is -2.08. The number of para-hydroxylation sites is 1. The zero-order valence-electron chi connectivity index (χ0n) is 8.67. The van der Waals surface area contributed by atoms with Gasteiger partial charge in [0.1, 0.15) is 11.6 Å². The molecule has 1 nitrogen and oxygen atoms in total. The topological polar surface area (TPSA) is 20.2 Å². The summed E-state index contributed by atoms with van der Waals surface area (Å²) in [5.74, 6) is -0.336. The third-order valence-electron chi connectivity index (χ3n) is 2.46. The maximum atomic E-state index is 13.7. The molecule has 0 aromatic heterocycles. The largest absolute Gasteiger partial charge is 0.507 e. The number of rotatable bonds is 1. The summed E-state index contributed by atoms with van der Waals surface area (Å²) < 4.78 is 13.7. The minimum absolute atomic E-state index is 0.101. The van der Waals surface area contributed by atoms with Gasteiger partial charge < -0.3 is 5.11 Å². The highest BCUT2D eigenvalue weighted by Crippen LogP contribution is 2.34. The van der Waals surface area contributed by atoms with E-state index in [1.54, 1.807) is 37.3 Å². The zero-order valence-corrected chi connectivity index (χ0v) is 9.42. The number of halogens is 2. The molecule has 0 saturated heterocycles. The van der Waals surface area contributed by atoms with E-state index in [1.165, 1.54) is 6.07 Å². The number of phenolic OH excluding ortho intramolecular Hbond substituents is 1. The molecule has 0 aliphatic heterocycles. The smallest absolute Gasteiger partial charge is 0.132 e. The summed E-state index contributed by atoms with van der Waals surface area (Å²) in [5.41, 5.74) is 1.55. The molecule has 0 fully saturated rings. The molecule has 0 heterocycles. The van der Waals surface area contributed by atoms with Gasteiger partial charge in [-0.2, -0.15) is 0 Å². The maximum absolute atomic E-state index is 13.7. The minimum atomic E-state index is -0.437. The van der Waals surface area contributed by atoms with Gasteiger partial charge in [0.15, 0.2) is 0 Å². The molecule has 0 unspecified atom stereocenters. The van der Waals surface area contributed by atoms with E-state index >= 15 is 0 Å². The van der Waals surface area contributed by atoms with Gasteiger partial charge in [-0.1, -0.05) is 29.8 Å². The third kappa shape index (κ3) is 1.89. The van der Waals surface area contributed by atoms with Gasteiger partial charge in [-0.05, 0) is 30.7 Å². The Morgan fingerprint density at radius 2 is 1.88 bits per heavy atom. The van der Waals surface area contributed by atoms with Crippen LogP contribution in [-0.2, 0) is 0 Å². The molecule has 16 heavy (non-hydrogen) atoms. The SMILES string of the molecule is Cc1cccc(-c2ccc(Cl)cc2F)c1O. The van der Waals surface area contributed by atoms with Gasteiger partial charge in [-0.15, -0.1) is 0 Å². The predicted molar refractivity (Wildman–Crippen MR) is 63.2 cm³/mol. The first-order chi connectivity index (χ1) is 7.59. The standard InChI is InChI=1S/C13H10ClFO/c1-8-3-2-4-11(13(8)16)10-6-5-9(14)7-12(10)15/h2-7,16H,1H3. The molecule has 0 aliphatic rings. The summed E-state index contributed by atoms with van der Waals surface area (Å²) in [5, 5.41) is 10.2. The fourth-order valence-corrected chi connectivity index (χ4v) is 1.74. The molecule has 2 aromatic rings. The number of aromatic hydroxyl groups is 1. The Morgan fingerprint density at radius 1 is 1.12 bits per heavy atom. The van der Waals surface area contributed by atoms with Gasteiger partial charge in [0.05, 0.1) is 0 Å². The monoisotopic (exact) mass is 236 g/mol. The molecule has 1 N–H and O–H groups in total. The van der Waals surface area contributed by atoms with Crippen molar-refractivity contribution in [1.29, 1.82) is 0 Å². The fourth-order valence-electron chi connectivity index (χ4n) is 1.58. The molecule has 0 spiro atoms. The number of hydrogen-bond acceptors (Lipinski definition) is 1. The minimum Gasteiger partial charge on any atom is -0.507 e. The van der Waals surface area contributed by atoms with Crippen molar-refractivity contribution in [3.05, 3.63) is 52.8 Å². The summed E-state index contributed by atoms with van der Waals surface area (Å²) in [6.45, 7) is 1.77. The van der Waals surface area contributed by atoms with E-state index < -0.39 is 5.82 Å². The summed E-state index contributed by atoms with van der Waals surface area (Å²) in [6.07, 6.45) is 0. The van der Waals surface area contributed by atoms with Crippen LogP contribution in [-0.4, -0.2) is 5.11 Å². The molecule has 0 aliphatic carbocycles. The normalized spacial score (nSPS) is 10.4. The van der Waals surface area contributed by atoms with E-state index in [0.717, 1.165) is 0 Å². The molecule has 0 bridgehead atoms. The highest BCUT2D eigenvalue weighted by molar-refractivity contribution is 6.30. The van der Waals surface area contributed by atoms with Crippen molar-refractivity contribution in [1.82, 2.24) is 0 Å². The van der Waals surface area contributed by atoms with Crippen LogP contribution in [0.4, 0.5) is 4.39 Å². The highest BCUT2D eigenvalue weighted by Gasteiger charge is 2.10. The van der Waals surface area contributed by atoms with Crippen LogP contribution in [0.5, 0.6) is 5.75 Å². The molecule has 2 rings (SSSR count). The first-order valence-corrected chi connectivity index (χ1v) is 5.21. The first kappa shape index (κ1) is 11.0. The molecule has 2 aromatic carbocycles. The van der Waals surface area contributed by atoms with Crippen molar-refractivity contribution in [3.8, 4) is 16.9 Å². The molecule has 0 atom stereocenters. The van der Waals surface area contributed by atoms with Crippen LogP contribution in [0.1, 0.15) is 5.56 Å². The quantitative estimate of drug-likeness (QED) is 0.788. The lowest BCUT2D eigenvalue weighted by Crippen LogP contribution is -1.86. The van der Waals surface area contributed by atoms with Crippen LogP contribution in [0.15, 0.2) is 36.4 Å². The number of phenols is 1. The Hall–Kier alpha value is -1.54. The van der Waals surface area contributed by atoms with Crippen molar-refractivity contribution in [2.45, 2.75) is 6.92 Å². The Kier molecular flexibility index (Phi) is 2.84. The molecule has 3 heteroatoms. The van der Waals surface area contributed by atoms with Gasteiger partial charge >= 0.3 is 0 Å². The molecular formula is C13H10ClFO. The summed E-state index contributed by atoms with van der Waals surface area (Å²) in [4.78, 5) is 0. The lowest BCUT2D eigenvalue weighted by molar-refractivity contribution is 0.472. The second kappa shape index (κ2) is 4.14. The molecule has 0 radical (unpaired) electrons. The summed E-state index contributed by atoms with van der Waals surface area (Å²) >= 11 is 5.67. The zero-order chi connectivity index (χ0) is 11.7. The second-order valence-electron chi connectivity index (χ2n) is 3.60. The average molecular weight is 237 g/mol. The third-order valence-corrected chi connectivity index (χ3v) is 2.69. The average Bonchev–Trinajstić information content (AvgIpc) is 2.23. The summed E-state index contributed by atoms with van der Waals surface area (Å²) in [7, 11) is 0. The summed E-state index contributed by atoms with van der Waals surface area (Å²) in [6, 6.07) is 9.62. The Bertz CT molecular complexity index is 537. The first-order valence-electron chi connectivity index (χ1n) is 4.83. The Balaban J connectivity index is 2.63. The van der Waals surface area contributed by atoms with E-state index in [0.29, 0.717) is 21.7 Å². The Labute approximate surface area is 98.1 Å². The highest BCUT2D eigenvalue weighted by atomic mass is 35.5. The molecule has 82 valence electrons. The van der Waals surface area contributed by atoms with Crippen molar-refractivity contribution < 1.29 is 9.50 Å². The van der Waals surface area contributed by atoms with Crippen LogP contribution in [0.3, 0.4) is 0 Å².